The van der Waals surface area contributed by atoms with Crippen LogP contribution in [0.2, 0.25) is 0 Å². The highest BCUT2D eigenvalue weighted by molar-refractivity contribution is 7.47. The monoisotopic (exact) mass is 1270 g/mol. The van der Waals surface area contributed by atoms with E-state index < -0.39 is 97.5 Å². The van der Waals surface area contributed by atoms with Crippen LogP contribution in [0.5, 0.6) is 0 Å². The van der Waals surface area contributed by atoms with Gasteiger partial charge in [-0.1, -0.05) is 286 Å². The van der Waals surface area contributed by atoms with Crippen LogP contribution >= 0.6 is 15.6 Å². The third-order valence-electron chi connectivity index (χ3n) is 15.5. The Bertz CT molecular complexity index is 1680. The molecule has 0 rings (SSSR count). The van der Waals surface area contributed by atoms with Crippen LogP contribution in [0.15, 0.2) is 0 Å². The van der Waals surface area contributed by atoms with E-state index in [9.17, 15) is 43.2 Å². The second-order valence-corrected chi connectivity index (χ2v) is 28.1. The number of carbonyl (C=O) groups is 4. The van der Waals surface area contributed by atoms with Crippen molar-refractivity contribution in [2.45, 2.75) is 355 Å². The Balaban J connectivity index is 5.24. The molecule has 5 atom stereocenters. The zero-order chi connectivity index (χ0) is 63.6. The third-order valence-corrected chi connectivity index (χ3v) is 17.4. The highest BCUT2D eigenvalue weighted by atomic mass is 31.2. The first-order valence-corrected chi connectivity index (χ1v) is 38.0. The molecule has 0 fully saturated rings. The highest BCUT2D eigenvalue weighted by Gasteiger charge is 2.30. The summed E-state index contributed by atoms with van der Waals surface area (Å²) in [5.41, 5.74) is 0. The van der Waals surface area contributed by atoms with Gasteiger partial charge in [-0.05, 0) is 37.5 Å². The van der Waals surface area contributed by atoms with E-state index in [1.54, 1.807) is 0 Å². The molecule has 0 aromatic rings. The molecule has 0 aliphatic heterocycles. The summed E-state index contributed by atoms with van der Waals surface area (Å²) in [4.78, 5) is 72.4. The minimum absolute atomic E-state index is 0.103. The molecule has 0 spiro atoms. The van der Waals surface area contributed by atoms with Gasteiger partial charge in [0.2, 0.25) is 0 Å². The van der Waals surface area contributed by atoms with Crippen LogP contribution in [0.3, 0.4) is 0 Å². The SMILES string of the molecule is CCCCCCCCCCCCCCCC(=O)OC[C@H](COP(=O)(O)OC[C@@H](O)COP(=O)(O)OC[C@@H](COC(=O)CCCCCCCCCCCC)OC(=O)CCCCCCCCCC(C)C)OC(=O)CCCCCCCCCCCCC(C)C. The maximum absolute atomic E-state index is 13.0. The number of ether oxygens (including phenoxy) is 4. The maximum atomic E-state index is 13.0. The molecule has 0 aliphatic rings. The number of hydrogen-bond acceptors (Lipinski definition) is 15. The Morgan fingerprint density at radius 2 is 0.535 bits per heavy atom. The van der Waals surface area contributed by atoms with Crippen molar-refractivity contribution < 1.29 is 80.2 Å². The summed E-state index contributed by atoms with van der Waals surface area (Å²) in [6.45, 7) is 9.44. The molecule has 17 nitrogen and oxygen atoms in total. The second-order valence-electron chi connectivity index (χ2n) is 25.2. The summed E-state index contributed by atoms with van der Waals surface area (Å²) in [6.07, 6.45) is 43.0. The molecule has 0 bridgehead atoms. The van der Waals surface area contributed by atoms with Crippen LogP contribution in [0.1, 0.15) is 337 Å². The van der Waals surface area contributed by atoms with E-state index in [-0.39, 0.29) is 25.7 Å². The molecule has 510 valence electrons. The molecule has 19 heteroatoms. The van der Waals surface area contributed by atoms with Crippen molar-refractivity contribution in [3.05, 3.63) is 0 Å². The van der Waals surface area contributed by atoms with Gasteiger partial charge in [-0.2, -0.15) is 0 Å². The zero-order valence-electron chi connectivity index (χ0n) is 55.6. The third kappa shape index (κ3) is 60.9. The van der Waals surface area contributed by atoms with Crippen molar-refractivity contribution in [2.75, 3.05) is 39.6 Å². The van der Waals surface area contributed by atoms with Crippen molar-refractivity contribution in [1.29, 1.82) is 0 Å². The number of aliphatic hydroxyl groups is 1. The molecule has 0 aromatic heterocycles. The van der Waals surface area contributed by atoms with Gasteiger partial charge in [0.25, 0.3) is 0 Å². The smallest absolute Gasteiger partial charge is 0.462 e. The topological polar surface area (TPSA) is 237 Å². The van der Waals surface area contributed by atoms with Crippen LogP contribution < -0.4 is 0 Å². The summed E-state index contributed by atoms with van der Waals surface area (Å²) in [7, 11) is -9.89. The summed E-state index contributed by atoms with van der Waals surface area (Å²) in [5.74, 6) is -0.682. The van der Waals surface area contributed by atoms with Crippen LogP contribution in [0, 0.1) is 11.8 Å². The first kappa shape index (κ1) is 84.1. The molecule has 0 radical (unpaired) electrons. The quantitative estimate of drug-likeness (QED) is 0.0222. The lowest BCUT2D eigenvalue weighted by atomic mass is 10.0. The minimum Gasteiger partial charge on any atom is -0.462 e. The first-order valence-electron chi connectivity index (χ1n) is 35.0. The molecule has 86 heavy (non-hydrogen) atoms. The van der Waals surface area contributed by atoms with Crippen molar-refractivity contribution >= 4 is 39.5 Å². The van der Waals surface area contributed by atoms with E-state index in [1.807, 2.05) is 0 Å². The predicted octanol–water partition coefficient (Wildman–Crippen LogP) is 18.8. The van der Waals surface area contributed by atoms with Crippen molar-refractivity contribution in [3.8, 4) is 0 Å². The van der Waals surface area contributed by atoms with Gasteiger partial charge < -0.3 is 33.8 Å². The lowest BCUT2D eigenvalue weighted by Crippen LogP contribution is -2.30. The van der Waals surface area contributed by atoms with Gasteiger partial charge in [0.05, 0.1) is 26.4 Å². The lowest BCUT2D eigenvalue weighted by Gasteiger charge is -2.21. The molecule has 0 amide bonds. The molecule has 2 unspecified atom stereocenters. The fourth-order valence-corrected chi connectivity index (χ4v) is 11.6. The van der Waals surface area contributed by atoms with Crippen LogP contribution in [0.4, 0.5) is 0 Å². The summed E-state index contributed by atoms with van der Waals surface area (Å²) in [5, 5.41) is 10.6. The number of rotatable bonds is 66. The van der Waals surface area contributed by atoms with Gasteiger partial charge in [-0.25, -0.2) is 9.13 Å². The summed E-state index contributed by atoms with van der Waals surface area (Å²) in [6, 6.07) is 0. The van der Waals surface area contributed by atoms with Crippen LogP contribution in [-0.2, 0) is 65.4 Å². The van der Waals surface area contributed by atoms with E-state index in [0.29, 0.717) is 31.6 Å². The van der Waals surface area contributed by atoms with Gasteiger partial charge in [-0.3, -0.25) is 37.3 Å². The largest absolute Gasteiger partial charge is 0.472 e. The molecular formula is C67H130O17P2. The van der Waals surface area contributed by atoms with Crippen LogP contribution in [-0.4, -0.2) is 96.7 Å². The molecule has 0 saturated carbocycles. The molecule has 0 saturated heterocycles. The average molecular weight is 1270 g/mol. The highest BCUT2D eigenvalue weighted by Crippen LogP contribution is 2.45. The number of hydrogen-bond donors (Lipinski definition) is 3. The molecular weight excluding hydrogens is 1140 g/mol. The number of phosphoric ester groups is 2. The zero-order valence-corrected chi connectivity index (χ0v) is 57.4. The lowest BCUT2D eigenvalue weighted by molar-refractivity contribution is -0.161. The van der Waals surface area contributed by atoms with E-state index >= 15 is 0 Å². The Hall–Kier alpha value is -1.94. The van der Waals surface area contributed by atoms with E-state index in [1.165, 1.54) is 154 Å². The Morgan fingerprint density at radius 3 is 0.791 bits per heavy atom. The predicted molar refractivity (Wildman–Crippen MR) is 345 cm³/mol. The fourth-order valence-electron chi connectivity index (χ4n) is 10.1. The van der Waals surface area contributed by atoms with Gasteiger partial charge in [0, 0.05) is 25.7 Å². The number of phosphoric acid groups is 2. The van der Waals surface area contributed by atoms with Crippen molar-refractivity contribution in [2.24, 2.45) is 11.8 Å². The number of aliphatic hydroxyl groups excluding tert-OH is 1. The van der Waals surface area contributed by atoms with Crippen molar-refractivity contribution in [3.63, 3.8) is 0 Å². The van der Waals surface area contributed by atoms with E-state index in [4.69, 9.17) is 37.0 Å². The number of unbranched alkanes of at least 4 members (excludes halogenated alkanes) is 36. The minimum atomic E-state index is -4.95. The summed E-state index contributed by atoms with van der Waals surface area (Å²) >= 11 is 0. The molecule has 0 aliphatic carbocycles. The van der Waals surface area contributed by atoms with Gasteiger partial charge in [0.1, 0.15) is 19.3 Å². The Labute approximate surface area is 524 Å². The molecule has 0 aromatic carbocycles. The standard InChI is InChI=1S/C67H130O17P2/c1-7-9-11-13-15-17-19-20-21-26-32-38-44-50-65(70)78-55-62(83-66(71)51-45-39-33-27-23-22-24-29-35-41-47-59(3)4)57-81-85(73,74)79-53-61(68)54-80-86(75,76)82-58-63(84-67(72)52-46-40-34-28-30-36-42-48-60(5)6)56-77-64(69)49-43-37-31-25-18-16-14-12-10-8-2/h59-63,68H,7-58H2,1-6H3,(H,73,74)(H,75,76)/t61-,62-,63-/m1/s1. The first-order chi connectivity index (χ1) is 41.4. The summed E-state index contributed by atoms with van der Waals surface area (Å²) < 4.78 is 68.1. The molecule has 3 N–H and O–H groups in total. The fraction of sp³-hybridized carbons (Fsp3) is 0.940. The van der Waals surface area contributed by atoms with Crippen LogP contribution in [0.25, 0.3) is 0 Å². The Morgan fingerprint density at radius 1 is 0.314 bits per heavy atom. The normalized spacial score (nSPS) is 14.2. The number of carbonyl (C=O) groups excluding carboxylic acids is 4. The maximum Gasteiger partial charge on any atom is 0.472 e. The Kier molecular flexibility index (Phi) is 58.0. The molecule has 0 heterocycles. The van der Waals surface area contributed by atoms with Crippen molar-refractivity contribution in [1.82, 2.24) is 0 Å². The van der Waals surface area contributed by atoms with E-state index in [0.717, 1.165) is 95.8 Å². The van der Waals surface area contributed by atoms with E-state index in [2.05, 4.69) is 41.5 Å². The average Bonchev–Trinajstić information content (AvgIpc) is 3.60. The van der Waals surface area contributed by atoms with Gasteiger partial charge in [0.15, 0.2) is 12.2 Å². The van der Waals surface area contributed by atoms with Gasteiger partial charge >= 0.3 is 39.5 Å². The second kappa shape index (κ2) is 59.4. The number of esters is 4. The van der Waals surface area contributed by atoms with Gasteiger partial charge in [-0.15, -0.1) is 0 Å².